The molecule has 0 aliphatic rings. The van der Waals surface area contributed by atoms with E-state index < -0.39 is 0 Å². The molecule has 0 aromatic carbocycles. The van der Waals surface area contributed by atoms with Gasteiger partial charge in [-0.15, -0.1) is 0 Å². The van der Waals surface area contributed by atoms with Gasteiger partial charge in [-0.05, 0) is 31.2 Å². The second kappa shape index (κ2) is 9.52. The number of aromatic nitrogens is 5. The fraction of sp³-hybridized carbons (Fsp3) is 0.176. The van der Waals surface area contributed by atoms with E-state index in [0.717, 1.165) is 0 Å². The van der Waals surface area contributed by atoms with Gasteiger partial charge in [0.15, 0.2) is 5.82 Å². The molecule has 0 saturated carbocycles. The van der Waals surface area contributed by atoms with Crippen LogP contribution in [0.5, 0.6) is 0 Å². The zero-order chi connectivity index (χ0) is 17.9. The van der Waals surface area contributed by atoms with Crippen LogP contribution in [-0.2, 0) is 11.2 Å². The van der Waals surface area contributed by atoms with Gasteiger partial charge in [-0.1, -0.05) is 12.1 Å². The summed E-state index contributed by atoms with van der Waals surface area (Å²) < 4.78 is 4.95. The summed E-state index contributed by atoms with van der Waals surface area (Å²) in [6.07, 6.45) is 3.55. The molecule has 0 aliphatic heterocycles. The van der Waals surface area contributed by atoms with Gasteiger partial charge in [0.25, 0.3) is 0 Å². The zero-order valence-corrected chi connectivity index (χ0v) is 13.7. The Morgan fingerprint density at radius 1 is 1.20 bits per heavy atom. The van der Waals surface area contributed by atoms with Crippen LogP contribution >= 0.6 is 0 Å². The van der Waals surface area contributed by atoms with Crippen molar-refractivity contribution in [3.63, 3.8) is 0 Å². The SMILES string of the molecule is CCOC(=N)c1ccccn1.N#CCc1nc(-c2ccccn2)n[nH]1. The molecule has 0 saturated heterocycles. The summed E-state index contributed by atoms with van der Waals surface area (Å²) in [5.41, 5.74) is 1.28. The molecule has 0 radical (unpaired) electrons. The maximum Gasteiger partial charge on any atom is 0.232 e. The molecule has 3 aromatic heterocycles. The van der Waals surface area contributed by atoms with Gasteiger partial charge in [0.2, 0.25) is 5.90 Å². The minimum absolute atomic E-state index is 0.133. The first-order valence-corrected chi connectivity index (χ1v) is 7.57. The monoisotopic (exact) mass is 335 g/mol. The van der Waals surface area contributed by atoms with Gasteiger partial charge < -0.3 is 4.74 Å². The number of H-pyrrole nitrogens is 1. The second-order valence-corrected chi connectivity index (χ2v) is 4.63. The summed E-state index contributed by atoms with van der Waals surface area (Å²) in [6.45, 7) is 2.35. The maximum atomic E-state index is 8.45. The molecule has 0 atom stereocenters. The molecule has 25 heavy (non-hydrogen) atoms. The second-order valence-electron chi connectivity index (χ2n) is 4.63. The summed E-state index contributed by atoms with van der Waals surface area (Å²) >= 11 is 0. The van der Waals surface area contributed by atoms with Gasteiger partial charge in [-0.3, -0.25) is 20.5 Å². The lowest BCUT2D eigenvalue weighted by Gasteiger charge is -2.01. The Morgan fingerprint density at radius 2 is 1.96 bits per heavy atom. The molecular weight excluding hydrogens is 318 g/mol. The van der Waals surface area contributed by atoms with Crippen molar-refractivity contribution in [3.05, 3.63) is 60.3 Å². The van der Waals surface area contributed by atoms with Crippen LogP contribution < -0.4 is 0 Å². The molecule has 3 aromatic rings. The smallest absolute Gasteiger partial charge is 0.232 e. The van der Waals surface area contributed by atoms with E-state index in [1.807, 2.05) is 43.3 Å². The van der Waals surface area contributed by atoms with Gasteiger partial charge in [0, 0.05) is 12.4 Å². The first-order valence-electron chi connectivity index (χ1n) is 7.57. The molecule has 3 rings (SSSR count). The Kier molecular flexibility index (Phi) is 6.76. The minimum atomic E-state index is 0.133. The van der Waals surface area contributed by atoms with Crippen molar-refractivity contribution < 1.29 is 4.74 Å². The standard InChI is InChI=1S/C9H7N5.C8H10N2O/c10-5-4-8-12-9(14-13-8)7-3-1-2-6-11-7;1-2-11-8(9)7-5-3-4-6-10-7/h1-3,6H,4H2,(H,12,13,14);3-6,9H,2H2,1H3. The topological polar surface area (TPSA) is 124 Å². The van der Waals surface area contributed by atoms with Crippen LogP contribution in [0.25, 0.3) is 11.5 Å². The summed E-state index contributed by atoms with van der Waals surface area (Å²) in [5.74, 6) is 1.22. The molecule has 0 fully saturated rings. The first-order chi connectivity index (χ1) is 12.2. The molecular formula is C17H17N7O. The number of hydrogen-bond donors (Lipinski definition) is 2. The molecule has 0 bridgehead atoms. The predicted octanol–water partition coefficient (Wildman–Crippen LogP) is 2.38. The lowest BCUT2D eigenvalue weighted by molar-refractivity contribution is 0.324. The molecule has 3 heterocycles. The molecule has 0 unspecified atom stereocenters. The molecule has 0 spiro atoms. The number of hydrogen-bond acceptors (Lipinski definition) is 7. The van der Waals surface area contributed by atoms with E-state index in [1.165, 1.54) is 0 Å². The third-order valence-corrected chi connectivity index (χ3v) is 2.86. The van der Waals surface area contributed by atoms with Crippen LogP contribution in [-0.4, -0.2) is 37.7 Å². The van der Waals surface area contributed by atoms with E-state index in [2.05, 4.69) is 25.1 Å². The highest BCUT2D eigenvalue weighted by Gasteiger charge is 2.05. The summed E-state index contributed by atoms with van der Waals surface area (Å²) in [7, 11) is 0. The van der Waals surface area contributed by atoms with Gasteiger partial charge in [-0.2, -0.15) is 10.4 Å². The molecule has 8 heteroatoms. The number of aromatic amines is 1. The molecule has 2 N–H and O–H groups in total. The average molecular weight is 335 g/mol. The lowest BCUT2D eigenvalue weighted by Crippen LogP contribution is -2.06. The van der Waals surface area contributed by atoms with Crippen molar-refractivity contribution in [1.82, 2.24) is 25.1 Å². The van der Waals surface area contributed by atoms with E-state index in [4.69, 9.17) is 15.4 Å². The van der Waals surface area contributed by atoms with Crippen molar-refractivity contribution in [2.75, 3.05) is 6.61 Å². The van der Waals surface area contributed by atoms with Crippen molar-refractivity contribution in [1.29, 1.82) is 10.7 Å². The Balaban J connectivity index is 0.000000186. The highest BCUT2D eigenvalue weighted by atomic mass is 16.5. The fourth-order valence-electron chi connectivity index (χ4n) is 1.77. The third-order valence-electron chi connectivity index (χ3n) is 2.86. The van der Waals surface area contributed by atoms with Gasteiger partial charge >= 0.3 is 0 Å². The molecule has 0 aliphatic carbocycles. The van der Waals surface area contributed by atoms with E-state index in [1.54, 1.807) is 18.5 Å². The summed E-state index contributed by atoms with van der Waals surface area (Å²) in [6, 6.07) is 12.9. The van der Waals surface area contributed by atoms with Crippen LogP contribution in [0, 0.1) is 16.7 Å². The van der Waals surface area contributed by atoms with Crippen molar-refractivity contribution >= 4 is 5.90 Å². The van der Waals surface area contributed by atoms with Crippen LogP contribution in [0.4, 0.5) is 0 Å². The van der Waals surface area contributed by atoms with Crippen LogP contribution in [0.15, 0.2) is 48.8 Å². The van der Waals surface area contributed by atoms with E-state index in [-0.39, 0.29) is 12.3 Å². The number of nitrogens with one attached hydrogen (secondary N) is 2. The fourth-order valence-corrected chi connectivity index (χ4v) is 1.77. The Hall–Kier alpha value is -3.60. The number of ether oxygens (including phenoxy) is 1. The maximum absolute atomic E-state index is 8.45. The third kappa shape index (κ3) is 5.51. The predicted molar refractivity (Wildman–Crippen MR) is 91.6 cm³/mol. The Bertz CT molecular complexity index is 825. The Labute approximate surface area is 145 Å². The number of nitrogens with zero attached hydrogens (tertiary/aromatic N) is 5. The van der Waals surface area contributed by atoms with Crippen LogP contribution in [0.1, 0.15) is 18.4 Å². The van der Waals surface area contributed by atoms with E-state index >= 15 is 0 Å². The summed E-state index contributed by atoms with van der Waals surface area (Å²) in [4.78, 5) is 12.2. The summed E-state index contributed by atoms with van der Waals surface area (Å²) in [5, 5.41) is 22.4. The normalized spacial score (nSPS) is 9.44. The van der Waals surface area contributed by atoms with Gasteiger partial charge in [0.1, 0.15) is 17.2 Å². The number of pyridine rings is 2. The highest BCUT2D eigenvalue weighted by Crippen LogP contribution is 2.09. The van der Waals surface area contributed by atoms with Crippen molar-refractivity contribution in [3.8, 4) is 17.6 Å². The quantitative estimate of drug-likeness (QED) is 0.557. The first kappa shape index (κ1) is 17.7. The molecule has 0 amide bonds. The van der Waals surface area contributed by atoms with Crippen molar-refractivity contribution in [2.24, 2.45) is 0 Å². The highest BCUT2D eigenvalue weighted by molar-refractivity contribution is 5.89. The lowest BCUT2D eigenvalue weighted by atomic mass is 10.3. The zero-order valence-electron chi connectivity index (χ0n) is 13.7. The van der Waals surface area contributed by atoms with E-state index in [0.29, 0.717) is 29.6 Å². The van der Waals surface area contributed by atoms with Gasteiger partial charge in [0.05, 0.1) is 19.1 Å². The van der Waals surface area contributed by atoms with Crippen molar-refractivity contribution in [2.45, 2.75) is 13.3 Å². The number of rotatable bonds is 4. The largest absolute Gasteiger partial charge is 0.477 e. The molecule has 126 valence electrons. The molecule has 8 nitrogen and oxygen atoms in total. The van der Waals surface area contributed by atoms with Crippen LogP contribution in [0.3, 0.4) is 0 Å². The Morgan fingerprint density at radius 3 is 2.56 bits per heavy atom. The van der Waals surface area contributed by atoms with E-state index in [9.17, 15) is 0 Å². The number of nitriles is 1. The minimum Gasteiger partial charge on any atom is -0.477 e. The van der Waals surface area contributed by atoms with Crippen LogP contribution in [0.2, 0.25) is 0 Å². The van der Waals surface area contributed by atoms with Gasteiger partial charge in [-0.25, -0.2) is 4.98 Å². The average Bonchev–Trinajstić information content (AvgIpc) is 3.13.